The van der Waals surface area contributed by atoms with Crippen molar-refractivity contribution in [3.05, 3.63) is 0 Å². The summed E-state index contributed by atoms with van der Waals surface area (Å²) in [4.78, 5) is 0. The van der Waals surface area contributed by atoms with Crippen molar-refractivity contribution in [3.63, 3.8) is 0 Å². The standard InChI is InChI=1S/C14H27NO2S/c1-3-11(2)18-9-13(15)12-4-6-17-14(8-12)5-7-16-10-14/h11-13H,3-10,15H2,1-2H3. The van der Waals surface area contributed by atoms with Crippen LogP contribution in [0.4, 0.5) is 0 Å². The van der Waals surface area contributed by atoms with Gasteiger partial charge in [0.15, 0.2) is 0 Å². The molecule has 0 aliphatic carbocycles. The lowest BCUT2D eigenvalue weighted by atomic mass is 9.82. The molecule has 4 unspecified atom stereocenters. The van der Waals surface area contributed by atoms with Gasteiger partial charge in [0.2, 0.25) is 0 Å². The molecule has 0 bridgehead atoms. The number of thioether (sulfide) groups is 1. The Kier molecular flexibility index (Phi) is 5.36. The van der Waals surface area contributed by atoms with Gasteiger partial charge in [-0.2, -0.15) is 11.8 Å². The van der Waals surface area contributed by atoms with E-state index in [9.17, 15) is 0 Å². The minimum absolute atomic E-state index is 0.00156. The van der Waals surface area contributed by atoms with E-state index in [2.05, 4.69) is 13.8 Å². The number of rotatable bonds is 5. The number of nitrogens with two attached hydrogens (primary N) is 1. The van der Waals surface area contributed by atoms with E-state index in [0.29, 0.717) is 12.0 Å². The third-order valence-corrected chi connectivity index (χ3v) is 5.83. The monoisotopic (exact) mass is 273 g/mol. The molecule has 2 aliphatic rings. The van der Waals surface area contributed by atoms with Crippen molar-refractivity contribution in [2.75, 3.05) is 25.6 Å². The Balaban J connectivity index is 1.80. The molecule has 1 spiro atoms. The second-order valence-corrected chi connectivity index (χ2v) is 7.27. The predicted molar refractivity (Wildman–Crippen MR) is 77.0 cm³/mol. The summed E-state index contributed by atoms with van der Waals surface area (Å²) in [6.45, 7) is 7.00. The van der Waals surface area contributed by atoms with Gasteiger partial charge in [0, 0.05) is 36.7 Å². The van der Waals surface area contributed by atoms with Crippen molar-refractivity contribution < 1.29 is 9.47 Å². The van der Waals surface area contributed by atoms with Crippen LogP contribution in [0.1, 0.15) is 39.5 Å². The first kappa shape index (κ1) is 14.6. The predicted octanol–water partition coefficient (Wildman–Crippen LogP) is 2.43. The SMILES string of the molecule is CCC(C)SCC(N)C1CCOC2(CCOC2)C1. The molecular formula is C14H27NO2S. The highest BCUT2D eigenvalue weighted by molar-refractivity contribution is 7.99. The smallest absolute Gasteiger partial charge is 0.0939 e. The minimum atomic E-state index is 0.00156. The van der Waals surface area contributed by atoms with Gasteiger partial charge in [-0.25, -0.2) is 0 Å². The summed E-state index contributed by atoms with van der Waals surface area (Å²) in [5.41, 5.74) is 6.39. The Bertz CT molecular complexity index is 256. The van der Waals surface area contributed by atoms with E-state index < -0.39 is 0 Å². The molecule has 18 heavy (non-hydrogen) atoms. The van der Waals surface area contributed by atoms with Gasteiger partial charge >= 0.3 is 0 Å². The van der Waals surface area contributed by atoms with Crippen LogP contribution < -0.4 is 5.73 Å². The summed E-state index contributed by atoms with van der Waals surface area (Å²) in [5, 5.41) is 0.722. The van der Waals surface area contributed by atoms with Gasteiger partial charge in [-0.15, -0.1) is 0 Å². The summed E-state index contributed by atoms with van der Waals surface area (Å²) in [5.74, 6) is 1.69. The van der Waals surface area contributed by atoms with Gasteiger partial charge in [0.25, 0.3) is 0 Å². The second-order valence-electron chi connectivity index (χ2n) is 5.80. The quantitative estimate of drug-likeness (QED) is 0.835. The molecule has 3 nitrogen and oxygen atoms in total. The van der Waals surface area contributed by atoms with E-state index in [4.69, 9.17) is 15.2 Å². The van der Waals surface area contributed by atoms with Crippen LogP contribution in [0.15, 0.2) is 0 Å². The van der Waals surface area contributed by atoms with Gasteiger partial charge in [-0.1, -0.05) is 13.8 Å². The molecule has 2 aliphatic heterocycles. The van der Waals surface area contributed by atoms with E-state index in [1.165, 1.54) is 6.42 Å². The number of ether oxygens (including phenoxy) is 2. The molecule has 4 heteroatoms. The zero-order chi connectivity index (χ0) is 13.0. The molecule has 106 valence electrons. The molecule has 0 saturated carbocycles. The lowest BCUT2D eigenvalue weighted by Gasteiger charge is -2.39. The Morgan fingerprint density at radius 3 is 2.94 bits per heavy atom. The molecule has 2 fully saturated rings. The normalized spacial score (nSPS) is 35.8. The topological polar surface area (TPSA) is 44.5 Å². The average Bonchev–Trinajstić information content (AvgIpc) is 2.83. The van der Waals surface area contributed by atoms with Crippen LogP contribution in [-0.4, -0.2) is 42.5 Å². The Morgan fingerprint density at radius 2 is 2.28 bits per heavy atom. The third-order valence-electron chi connectivity index (χ3n) is 4.35. The Morgan fingerprint density at radius 1 is 1.44 bits per heavy atom. The zero-order valence-electron chi connectivity index (χ0n) is 11.7. The fraction of sp³-hybridized carbons (Fsp3) is 1.00. The van der Waals surface area contributed by atoms with Crippen molar-refractivity contribution in [2.24, 2.45) is 11.7 Å². The molecule has 2 rings (SSSR count). The first-order chi connectivity index (χ1) is 8.65. The number of hydrogen-bond acceptors (Lipinski definition) is 4. The summed E-state index contributed by atoms with van der Waals surface area (Å²) >= 11 is 2.01. The maximum Gasteiger partial charge on any atom is 0.0939 e. The molecule has 0 aromatic rings. The highest BCUT2D eigenvalue weighted by Gasteiger charge is 2.42. The molecule has 0 radical (unpaired) electrons. The van der Waals surface area contributed by atoms with Crippen LogP contribution in [0.3, 0.4) is 0 Å². The van der Waals surface area contributed by atoms with Crippen molar-refractivity contribution in [2.45, 2.75) is 56.4 Å². The lowest BCUT2D eigenvalue weighted by molar-refractivity contribution is -0.100. The summed E-state index contributed by atoms with van der Waals surface area (Å²) in [6, 6.07) is 0.311. The van der Waals surface area contributed by atoms with Crippen LogP contribution in [0.2, 0.25) is 0 Å². The molecular weight excluding hydrogens is 246 g/mol. The Hall–Kier alpha value is 0.230. The highest BCUT2D eigenvalue weighted by atomic mass is 32.2. The van der Waals surface area contributed by atoms with Crippen molar-refractivity contribution >= 4 is 11.8 Å². The second kappa shape index (κ2) is 6.60. The van der Waals surface area contributed by atoms with Gasteiger partial charge in [0.1, 0.15) is 0 Å². The largest absolute Gasteiger partial charge is 0.378 e. The average molecular weight is 273 g/mol. The van der Waals surface area contributed by atoms with E-state index in [1.807, 2.05) is 11.8 Å². The zero-order valence-corrected chi connectivity index (χ0v) is 12.5. The van der Waals surface area contributed by atoms with Crippen LogP contribution in [0, 0.1) is 5.92 Å². The van der Waals surface area contributed by atoms with Gasteiger partial charge in [-0.05, 0) is 25.2 Å². The fourth-order valence-electron chi connectivity index (χ4n) is 2.82. The third kappa shape index (κ3) is 3.62. The molecule has 0 aromatic heterocycles. The van der Waals surface area contributed by atoms with Crippen LogP contribution in [-0.2, 0) is 9.47 Å². The maximum atomic E-state index is 6.39. The molecule has 2 saturated heterocycles. The molecule has 0 aromatic carbocycles. The molecule has 4 atom stereocenters. The molecule has 2 N–H and O–H groups in total. The number of hydrogen-bond donors (Lipinski definition) is 1. The summed E-state index contributed by atoms with van der Waals surface area (Å²) in [7, 11) is 0. The minimum Gasteiger partial charge on any atom is -0.378 e. The summed E-state index contributed by atoms with van der Waals surface area (Å²) in [6.07, 6.45) is 4.48. The first-order valence-corrected chi connectivity index (χ1v) is 8.29. The van der Waals surface area contributed by atoms with Crippen molar-refractivity contribution in [1.82, 2.24) is 0 Å². The van der Waals surface area contributed by atoms with E-state index in [0.717, 1.165) is 50.1 Å². The fourth-order valence-corrected chi connectivity index (χ4v) is 3.88. The van der Waals surface area contributed by atoms with Crippen molar-refractivity contribution in [3.8, 4) is 0 Å². The van der Waals surface area contributed by atoms with Gasteiger partial charge in [0.05, 0.1) is 12.2 Å². The van der Waals surface area contributed by atoms with Crippen molar-refractivity contribution in [1.29, 1.82) is 0 Å². The molecule has 0 amide bonds. The highest BCUT2D eigenvalue weighted by Crippen LogP contribution is 2.37. The first-order valence-electron chi connectivity index (χ1n) is 7.24. The van der Waals surface area contributed by atoms with E-state index >= 15 is 0 Å². The van der Waals surface area contributed by atoms with E-state index in [1.54, 1.807) is 0 Å². The maximum absolute atomic E-state index is 6.39. The summed E-state index contributed by atoms with van der Waals surface area (Å²) < 4.78 is 11.5. The molecule has 2 heterocycles. The lowest BCUT2D eigenvalue weighted by Crippen LogP contribution is -2.46. The van der Waals surface area contributed by atoms with E-state index in [-0.39, 0.29) is 5.60 Å². The van der Waals surface area contributed by atoms with Crippen LogP contribution >= 0.6 is 11.8 Å². The van der Waals surface area contributed by atoms with Gasteiger partial charge in [-0.3, -0.25) is 0 Å². The Labute approximate surface area is 115 Å². The van der Waals surface area contributed by atoms with Gasteiger partial charge < -0.3 is 15.2 Å². The van der Waals surface area contributed by atoms with Crippen LogP contribution in [0.25, 0.3) is 0 Å². The van der Waals surface area contributed by atoms with Crippen LogP contribution in [0.5, 0.6) is 0 Å².